The zero-order valence-electron chi connectivity index (χ0n) is 8.59. The van der Waals surface area contributed by atoms with Crippen molar-refractivity contribution in [2.45, 2.75) is 39.8 Å². The molecule has 1 rings (SSSR count). The third-order valence-corrected chi connectivity index (χ3v) is 4.40. The Morgan fingerprint density at radius 1 is 0.917 bits per heavy atom. The lowest BCUT2D eigenvalue weighted by Gasteiger charge is -2.16. The molecule has 0 radical (unpaired) electrons. The Morgan fingerprint density at radius 3 is 1.25 bits per heavy atom. The van der Waals surface area contributed by atoms with Gasteiger partial charge in [-0.3, -0.25) is 0 Å². The van der Waals surface area contributed by atoms with E-state index in [4.69, 9.17) is 0 Å². The van der Waals surface area contributed by atoms with Crippen LogP contribution >= 0.6 is 9.24 Å². The Morgan fingerprint density at radius 2 is 1.17 bits per heavy atom. The molecule has 0 fully saturated rings. The maximum atomic E-state index is 2.32. The average molecular weight is 205 g/mol. The lowest BCUT2D eigenvalue weighted by molar-refractivity contribution is -0.00000249. The van der Waals surface area contributed by atoms with Crippen molar-refractivity contribution >= 4 is 9.24 Å². The van der Waals surface area contributed by atoms with Crippen molar-refractivity contribution in [2.75, 3.05) is 0 Å². The van der Waals surface area contributed by atoms with Gasteiger partial charge in [-0.2, -0.15) is 0 Å². The summed E-state index contributed by atoms with van der Waals surface area (Å²) in [5, 5.41) is 0.341. The van der Waals surface area contributed by atoms with Crippen molar-refractivity contribution in [3.05, 3.63) is 22.3 Å². The summed E-state index contributed by atoms with van der Waals surface area (Å²) in [6.45, 7) is 11.3. The standard InChI is InChI=1S/C10H17P.ClH/c1-6-7(2)9(4)10(5,11)8(6)3;/h11H2,1-5H3;1H. The van der Waals surface area contributed by atoms with Crippen LogP contribution in [0.4, 0.5) is 0 Å². The highest BCUT2D eigenvalue weighted by Gasteiger charge is 2.35. The number of allylic oxidation sites excluding steroid dienone is 4. The predicted molar refractivity (Wildman–Crippen MR) is 56.3 cm³/mol. The van der Waals surface area contributed by atoms with Crippen LogP contribution in [0.5, 0.6) is 0 Å². The van der Waals surface area contributed by atoms with E-state index in [1.54, 1.807) is 11.1 Å². The molecule has 0 aromatic rings. The first-order chi connectivity index (χ1) is 4.89. The maximum absolute atomic E-state index is 2.32. The minimum Gasteiger partial charge on any atom is -1.00 e. The molecule has 0 aromatic carbocycles. The molecule has 0 spiro atoms. The van der Waals surface area contributed by atoms with Gasteiger partial charge in [0.05, 0.1) is 0 Å². The van der Waals surface area contributed by atoms with Crippen LogP contribution in [0.2, 0.25) is 0 Å². The summed E-state index contributed by atoms with van der Waals surface area (Å²) >= 11 is 0. The van der Waals surface area contributed by atoms with E-state index in [-0.39, 0.29) is 12.4 Å². The molecule has 70 valence electrons. The highest BCUT2D eigenvalue weighted by atomic mass is 35.5. The molecule has 0 aromatic heterocycles. The summed E-state index contributed by atoms with van der Waals surface area (Å²) in [6, 6.07) is 0. The fourth-order valence-electron chi connectivity index (χ4n) is 1.67. The maximum Gasteiger partial charge on any atom is 0.112 e. The Labute approximate surface area is 84.1 Å². The zero-order chi connectivity index (χ0) is 8.81. The molecule has 0 heterocycles. The molecule has 0 saturated heterocycles. The van der Waals surface area contributed by atoms with Crippen molar-refractivity contribution in [1.82, 2.24) is 0 Å². The van der Waals surface area contributed by atoms with Crippen LogP contribution in [0.3, 0.4) is 0 Å². The van der Waals surface area contributed by atoms with Gasteiger partial charge in [-0.1, -0.05) is 0 Å². The van der Waals surface area contributed by atoms with Crippen molar-refractivity contribution in [2.24, 2.45) is 0 Å². The fraction of sp³-hybridized carbons (Fsp3) is 0.600. The highest BCUT2D eigenvalue weighted by molar-refractivity contribution is 7.20. The summed E-state index contributed by atoms with van der Waals surface area (Å²) in [5.74, 6) is 0. The molecule has 2 heteroatoms. The largest absolute Gasteiger partial charge is 1.00 e. The Bertz CT molecular complexity index is 233. The summed E-state index contributed by atoms with van der Waals surface area (Å²) in [4.78, 5) is 0. The van der Waals surface area contributed by atoms with Gasteiger partial charge in [0.1, 0.15) is 5.16 Å². The first-order valence-corrected chi connectivity index (χ1v) is 4.81. The lowest BCUT2D eigenvalue weighted by Crippen LogP contribution is -3.00. The fourth-order valence-corrected chi connectivity index (χ4v) is 2.20. The molecule has 1 atom stereocenters. The van der Waals surface area contributed by atoms with Crippen molar-refractivity contribution in [1.29, 1.82) is 0 Å². The molecule has 0 bridgehead atoms. The van der Waals surface area contributed by atoms with Gasteiger partial charge >= 0.3 is 0 Å². The third-order valence-electron chi connectivity index (χ3n) is 3.34. The van der Waals surface area contributed by atoms with Gasteiger partial charge in [0.25, 0.3) is 0 Å². The van der Waals surface area contributed by atoms with E-state index in [0.29, 0.717) is 5.16 Å². The van der Waals surface area contributed by atoms with Crippen LogP contribution in [-0.2, 0) is 0 Å². The molecule has 1 aliphatic rings. The minimum absolute atomic E-state index is 0. The quantitative estimate of drug-likeness (QED) is 0.489. The van der Waals surface area contributed by atoms with Crippen molar-refractivity contribution < 1.29 is 12.4 Å². The molecular formula is C10H18ClP. The van der Waals surface area contributed by atoms with Crippen LogP contribution in [-0.4, -0.2) is 5.16 Å². The third kappa shape index (κ3) is 1.47. The second-order valence-corrected chi connectivity index (χ2v) is 5.25. The second-order valence-electron chi connectivity index (χ2n) is 3.83. The van der Waals surface area contributed by atoms with Crippen molar-refractivity contribution in [3.63, 3.8) is 0 Å². The number of hydrogen-bond donors (Lipinski definition) is 0. The van der Waals surface area contributed by atoms with Gasteiger partial charge in [0.15, 0.2) is 0 Å². The van der Waals surface area contributed by atoms with Gasteiger partial charge < -0.3 is 12.4 Å². The van der Waals surface area contributed by atoms with Gasteiger partial charge in [0.2, 0.25) is 0 Å². The summed E-state index contributed by atoms with van der Waals surface area (Å²) in [5.41, 5.74) is 6.09. The van der Waals surface area contributed by atoms with Gasteiger partial charge in [-0.05, 0) is 66.2 Å². The van der Waals surface area contributed by atoms with Crippen LogP contribution in [0.1, 0.15) is 34.6 Å². The molecule has 0 amide bonds. The molecule has 0 nitrogen and oxygen atoms in total. The molecule has 0 saturated carbocycles. The monoisotopic (exact) mass is 204 g/mol. The van der Waals surface area contributed by atoms with Crippen molar-refractivity contribution in [3.8, 4) is 0 Å². The van der Waals surface area contributed by atoms with Gasteiger partial charge in [-0.25, -0.2) is 0 Å². The summed E-state index contributed by atoms with van der Waals surface area (Å²) in [7, 11) is 2.09. The average Bonchev–Trinajstić information content (AvgIpc) is 2.06. The van der Waals surface area contributed by atoms with E-state index >= 15 is 0 Å². The molecule has 0 aliphatic heterocycles. The highest BCUT2D eigenvalue weighted by Crippen LogP contribution is 2.45. The van der Waals surface area contributed by atoms with Crippen LogP contribution in [0, 0.1) is 0 Å². The minimum atomic E-state index is 0. The van der Waals surface area contributed by atoms with E-state index in [2.05, 4.69) is 43.9 Å². The molecule has 1 aliphatic carbocycles. The number of hydrogen-bond acceptors (Lipinski definition) is 0. The normalized spacial score (nSPS) is 21.8. The summed E-state index contributed by atoms with van der Waals surface area (Å²) < 4.78 is 0. The van der Waals surface area contributed by atoms with E-state index in [0.717, 1.165) is 0 Å². The van der Waals surface area contributed by atoms with Crippen LogP contribution in [0.25, 0.3) is 0 Å². The van der Waals surface area contributed by atoms with E-state index in [9.17, 15) is 0 Å². The predicted octanol–water partition coefficient (Wildman–Crippen LogP) is 0.0429. The van der Waals surface area contributed by atoms with E-state index < -0.39 is 0 Å². The zero-order valence-corrected chi connectivity index (χ0v) is 10.8. The SMILES string of the molecule is CC1=C(C)C(C)([PH3+])C(C)=C1C.[Cl-]. The van der Waals surface area contributed by atoms with Gasteiger partial charge in [-0.15, -0.1) is 0 Å². The molecule has 12 heavy (non-hydrogen) atoms. The molecule has 1 unspecified atom stereocenters. The first kappa shape index (κ1) is 12.2. The lowest BCUT2D eigenvalue weighted by atomic mass is 9.98. The Kier molecular flexibility index (Phi) is 3.58. The number of rotatable bonds is 0. The van der Waals surface area contributed by atoms with E-state index in [1.165, 1.54) is 11.1 Å². The Hall–Kier alpha value is 0.200. The first-order valence-electron chi connectivity index (χ1n) is 4.10. The van der Waals surface area contributed by atoms with Gasteiger partial charge in [0, 0.05) is 0 Å². The second kappa shape index (κ2) is 3.52. The number of halogens is 1. The Balaban J connectivity index is 0.00000121. The summed E-state index contributed by atoms with van der Waals surface area (Å²) in [6.07, 6.45) is 0. The molecule has 0 N–H and O–H groups in total. The van der Waals surface area contributed by atoms with E-state index in [1.807, 2.05) is 0 Å². The van der Waals surface area contributed by atoms with Crippen LogP contribution < -0.4 is 12.4 Å². The molecular weight excluding hydrogens is 187 g/mol. The van der Waals surface area contributed by atoms with Crippen LogP contribution in [0.15, 0.2) is 22.3 Å². The topological polar surface area (TPSA) is 0 Å². The smallest absolute Gasteiger partial charge is 0.112 e.